The number of carbonyl (C=O) groups is 1. The van der Waals surface area contributed by atoms with Crippen molar-refractivity contribution in [3.63, 3.8) is 0 Å². The third-order valence-corrected chi connectivity index (χ3v) is 3.72. The van der Waals surface area contributed by atoms with E-state index in [0.29, 0.717) is 18.7 Å². The summed E-state index contributed by atoms with van der Waals surface area (Å²) in [5.41, 5.74) is -0.822. The van der Waals surface area contributed by atoms with Gasteiger partial charge in [-0.2, -0.15) is 0 Å². The average Bonchev–Trinajstić information content (AvgIpc) is 2.36. The van der Waals surface area contributed by atoms with Gasteiger partial charge in [0.15, 0.2) is 0 Å². The van der Waals surface area contributed by atoms with Crippen molar-refractivity contribution in [2.75, 3.05) is 19.6 Å². The second-order valence-electron chi connectivity index (χ2n) is 5.49. The fourth-order valence-corrected chi connectivity index (χ4v) is 2.35. The smallest absolute Gasteiger partial charge is 0.257 e. The average molecular weight is 323 g/mol. The molecule has 1 aromatic rings. The van der Waals surface area contributed by atoms with Crippen LogP contribution in [0.1, 0.15) is 30.1 Å². The molecule has 1 heterocycles. The van der Waals surface area contributed by atoms with Crippen molar-refractivity contribution in [1.29, 1.82) is 0 Å². The molecule has 1 aliphatic heterocycles. The van der Waals surface area contributed by atoms with Crippen LogP contribution in [0.3, 0.4) is 0 Å². The van der Waals surface area contributed by atoms with Crippen LogP contribution in [-0.4, -0.2) is 25.5 Å². The predicted molar refractivity (Wildman–Crippen MR) is 76.1 cm³/mol. The van der Waals surface area contributed by atoms with Crippen LogP contribution in [-0.2, 0) is 0 Å². The number of benzene rings is 1. The molecule has 0 unspecified atom stereocenters. The van der Waals surface area contributed by atoms with Crippen LogP contribution in [0.5, 0.6) is 0 Å². The van der Waals surface area contributed by atoms with Crippen LogP contribution in [0, 0.1) is 22.9 Å². The van der Waals surface area contributed by atoms with Gasteiger partial charge in [-0.25, -0.2) is 13.2 Å². The number of amides is 1. The van der Waals surface area contributed by atoms with E-state index in [9.17, 15) is 18.0 Å². The zero-order valence-corrected chi connectivity index (χ0v) is 12.5. The van der Waals surface area contributed by atoms with E-state index in [1.807, 2.05) is 6.92 Å². The minimum Gasteiger partial charge on any atom is -0.351 e. The molecular weight excluding hydrogens is 305 g/mol. The molecule has 118 valence electrons. The summed E-state index contributed by atoms with van der Waals surface area (Å²) < 4.78 is 39.7. The summed E-state index contributed by atoms with van der Waals surface area (Å²) in [5.74, 6) is -4.26. The Bertz CT molecular complexity index is 496. The van der Waals surface area contributed by atoms with Crippen molar-refractivity contribution in [3.05, 3.63) is 35.1 Å². The SMILES string of the molecule is CC1(CNC(=O)c2c(F)cc(F)cc2F)CCNCC1.Cl. The molecule has 0 radical (unpaired) electrons. The minimum atomic E-state index is -1.18. The summed E-state index contributed by atoms with van der Waals surface area (Å²) in [5, 5.41) is 5.75. The zero-order valence-electron chi connectivity index (χ0n) is 11.6. The predicted octanol–water partition coefficient (Wildman–Crippen LogP) is 2.65. The summed E-state index contributed by atoms with van der Waals surface area (Å²) in [7, 11) is 0. The summed E-state index contributed by atoms with van der Waals surface area (Å²) in [4.78, 5) is 11.9. The molecule has 0 bridgehead atoms. The lowest BCUT2D eigenvalue weighted by Gasteiger charge is -2.34. The molecule has 1 amide bonds. The summed E-state index contributed by atoms with van der Waals surface area (Å²) in [6.45, 7) is 4.06. The highest BCUT2D eigenvalue weighted by Gasteiger charge is 2.28. The first-order valence-corrected chi connectivity index (χ1v) is 6.55. The quantitative estimate of drug-likeness (QED) is 0.898. The third-order valence-electron chi connectivity index (χ3n) is 3.72. The van der Waals surface area contributed by atoms with Gasteiger partial charge in [0, 0.05) is 18.7 Å². The number of hydrogen-bond acceptors (Lipinski definition) is 2. The molecule has 0 atom stereocenters. The van der Waals surface area contributed by atoms with E-state index in [2.05, 4.69) is 10.6 Å². The Morgan fingerprint density at radius 1 is 1.24 bits per heavy atom. The Labute approximate surface area is 127 Å². The number of halogens is 4. The Hall–Kier alpha value is -1.27. The largest absolute Gasteiger partial charge is 0.351 e. The molecule has 0 aliphatic carbocycles. The monoisotopic (exact) mass is 322 g/mol. The lowest BCUT2D eigenvalue weighted by Crippen LogP contribution is -2.43. The molecule has 1 aliphatic rings. The third kappa shape index (κ3) is 4.35. The van der Waals surface area contributed by atoms with Gasteiger partial charge in [0.1, 0.15) is 23.0 Å². The number of rotatable bonds is 3. The highest BCUT2D eigenvalue weighted by Crippen LogP contribution is 2.27. The first kappa shape index (κ1) is 17.8. The standard InChI is InChI=1S/C14H17F3N2O.ClH/c1-14(2-4-18-5-3-14)8-19-13(20)12-10(16)6-9(15)7-11(12)17;/h6-7,18H,2-5,8H2,1H3,(H,19,20);1H. The van der Waals surface area contributed by atoms with Gasteiger partial charge in [0.25, 0.3) is 5.91 Å². The fourth-order valence-electron chi connectivity index (χ4n) is 2.35. The highest BCUT2D eigenvalue weighted by molar-refractivity contribution is 5.94. The van der Waals surface area contributed by atoms with E-state index < -0.39 is 28.9 Å². The van der Waals surface area contributed by atoms with Gasteiger partial charge in [-0.3, -0.25) is 4.79 Å². The maximum Gasteiger partial charge on any atom is 0.257 e. The Morgan fingerprint density at radius 2 is 1.76 bits per heavy atom. The van der Waals surface area contributed by atoms with Crippen molar-refractivity contribution in [1.82, 2.24) is 10.6 Å². The summed E-state index contributed by atoms with van der Waals surface area (Å²) >= 11 is 0. The molecule has 0 spiro atoms. The highest BCUT2D eigenvalue weighted by atomic mass is 35.5. The Balaban J connectivity index is 0.00000220. The molecule has 0 aromatic heterocycles. The van der Waals surface area contributed by atoms with Gasteiger partial charge in [0.2, 0.25) is 0 Å². The lowest BCUT2D eigenvalue weighted by atomic mass is 9.81. The molecule has 3 nitrogen and oxygen atoms in total. The second-order valence-corrected chi connectivity index (χ2v) is 5.49. The Morgan fingerprint density at radius 3 is 2.29 bits per heavy atom. The van der Waals surface area contributed by atoms with Gasteiger partial charge in [-0.1, -0.05) is 6.92 Å². The van der Waals surface area contributed by atoms with Gasteiger partial charge >= 0.3 is 0 Å². The van der Waals surface area contributed by atoms with Crippen molar-refractivity contribution in [2.24, 2.45) is 5.41 Å². The molecule has 1 fully saturated rings. The van der Waals surface area contributed by atoms with Crippen molar-refractivity contribution in [2.45, 2.75) is 19.8 Å². The molecule has 0 saturated carbocycles. The van der Waals surface area contributed by atoms with E-state index >= 15 is 0 Å². The second kappa shape index (κ2) is 7.13. The molecule has 2 N–H and O–H groups in total. The van der Waals surface area contributed by atoms with Crippen LogP contribution >= 0.6 is 12.4 Å². The van der Waals surface area contributed by atoms with E-state index in [-0.39, 0.29) is 17.8 Å². The van der Waals surface area contributed by atoms with Crippen molar-refractivity contribution >= 4 is 18.3 Å². The normalized spacial score (nSPS) is 17.0. The van der Waals surface area contributed by atoms with E-state index in [0.717, 1.165) is 25.9 Å². The maximum atomic E-state index is 13.5. The van der Waals surface area contributed by atoms with E-state index in [1.54, 1.807) is 0 Å². The summed E-state index contributed by atoms with van der Waals surface area (Å²) in [6, 6.07) is 1.01. The maximum absolute atomic E-state index is 13.5. The molecule has 1 aromatic carbocycles. The molecular formula is C14H18ClF3N2O. The van der Waals surface area contributed by atoms with Gasteiger partial charge in [-0.15, -0.1) is 12.4 Å². The van der Waals surface area contributed by atoms with Gasteiger partial charge < -0.3 is 10.6 Å². The lowest BCUT2D eigenvalue weighted by molar-refractivity contribution is 0.0913. The van der Waals surface area contributed by atoms with Crippen molar-refractivity contribution < 1.29 is 18.0 Å². The van der Waals surface area contributed by atoms with Gasteiger partial charge in [0.05, 0.1) is 0 Å². The number of piperidine rings is 1. The molecule has 2 rings (SSSR count). The number of nitrogens with one attached hydrogen (secondary N) is 2. The van der Waals surface area contributed by atoms with Gasteiger partial charge in [-0.05, 0) is 31.3 Å². The minimum absolute atomic E-state index is 0. The van der Waals surface area contributed by atoms with Crippen LogP contribution in [0.15, 0.2) is 12.1 Å². The van der Waals surface area contributed by atoms with Crippen molar-refractivity contribution in [3.8, 4) is 0 Å². The Kier molecular flexibility index (Phi) is 6.04. The van der Waals surface area contributed by atoms with E-state index in [1.165, 1.54) is 0 Å². The summed E-state index contributed by atoms with van der Waals surface area (Å²) in [6.07, 6.45) is 1.75. The fraction of sp³-hybridized carbons (Fsp3) is 0.500. The number of carbonyl (C=O) groups excluding carboxylic acids is 1. The zero-order chi connectivity index (χ0) is 14.8. The molecule has 21 heavy (non-hydrogen) atoms. The number of hydrogen-bond donors (Lipinski definition) is 2. The van der Waals surface area contributed by atoms with Crippen LogP contribution in [0.2, 0.25) is 0 Å². The molecule has 7 heteroatoms. The van der Waals surface area contributed by atoms with Crippen LogP contribution < -0.4 is 10.6 Å². The van der Waals surface area contributed by atoms with Crippen LogP contribution in [0.4, 0.5) is 13.2 Å². The topological polar surface area (TPSA) is 41.1 Å². The van der Waals surface area contributed by atoms with Crippen LogP contribution in [0.25, 0.3) is 0 Å². The molecule has 1 saturated heterocycles. The first-order valence-electron chi connectivity index (χ1n) is 6.55. The van der Waals surface area contributed by atoms with E-state index in [4.69, 9.17) is 0 Å². The first-order chi connectivity index (χ1) is 9.41.